The third-order valence-electron chi connectivity index (χ3n) is 1.87. The summed E-state index contributed by atoms with van der Waals surface area (Å²) >= 11 is 3.08. The number of nitrogens with one attached hydrogen (secondary N) is 1. The van der Waals surface area contributed by atoms with E-state index >= 15 is 0 Å². The number of nitrogen functional groups attached to an aromatic ring is 1. The lowest BCUT2D eigenvalue weighted by molar-refractivity contribution is 0.0957. The minimum atomic E-state index is -0.249. The Labute approximate surface area is 96.8 Å². The van der Waals surface area contributed by atoms with E-state index in [9.17, 15) is 4.79 Å². The van der Waals surface area contributed by atoms with E-state index in [0.717, 1.165) is 16.2 Å². The zero-order chi connectivity index (χ0) is 11.3. The van der Waals surface area contributed by atoms with Crippen molar-refractivity contribution in [1.82, 2.24) is 5.43 Å². The number of hydrogen-bond acceptors (Lipinski definition) is 5. The molecule has 1 rings (SSSR count). The first kappa shape index (κ1) is 12.5. The normalized spacial score (nSPS) is 10.3. The first-order valence-electron chi connectivity index (χ1n) is 4.48. The van der Waals surface area contributed by atoms with Crippen molar-refractivity contribution in [3.8, 4) is 0 Å². The Balaban J connectivity index is 2.64. The van der Waals surface area contributed by atoms with E-state index in [4.69, 9.17) is 10.9 Å². The maximum absolute atomic E-state index is 11.2. The number of aliphatic hydroxyl groups excluding tert-OH is 1. The molecule has 0 saturated heterocycles. The molecule has 4 nitrogen and oxygen atoms in total. The van der Waals surface area contributed by atoms with Gasteiger partial charge in [0.05, 0.1) is 11.5 Å². The van der Waals surface area contributed by atoms with Crippen molar-refractivity contribution in [2.45, 2.75) is 12.7 Å². The van der Waals surface area contributed by atoms with Crippen molar-refractivity contribution < 1.29 is 9.90 Å². The van der Waals surface area contributed by atoms with Gasteiger partial charge >= 0.3 is 0 Å². The second kappa shape index (κ2) is 6.12. The molecule has 1 aromatic rings. The summed E-state index contributed by atoms with van der Waals surface area (Å²) in [7, 11) is 0. The van der Waals surface area contributed by atoms with Crippen molar-refractivity contribution in [2.75, 3.05) is 12.4 Å². The van der Waals surface area contributed by atoms with Crippen LogP contribution in [-0.4, -0.2) is 23.4 Å². The molecule has 1 aromatic heterocycles. The van der Waals surface area contributed by atoms with Gasteiger partial charge in [-0.15, -0.1) is 11.3 Å². The van der Waals surface area contributed by atoms with E-state index in [2.05, 4.69) is 5.43 Å². The number of nitrogens with two attached hydrogens (primary N) is 1. The quantitative estimate of drug-likeness (QED) is 0.312. The minimum Gasteiger partial charge on any atom is -0.396 e. The SMILES string of the molecule is Cc1sc(C(=O)NN)cc1CSCCO. The summed E-state index contributed by atoms with van der Waals surface area (Å²) in [6, 6.07) is 1.85. The molecule has 1 amide bonds. The molecule has 84 valence electrons. The lowest BCUT2D eigenvalue weighted by atomic mass is 10.3. The average Bonchev–Trinajstić information content (AvgIpc) is 2.60. The predicted octanol–water partition coefficient (Wildman–Crippen LogP) is 0.886. The fourth-order valence-corrected chi connectivity index (χ4v) is 2.92. The number of hydrogen-bond donors (Lipinski definition) is 3. The van der Waals surface area contributed by atoms with Gasteiger partial charge in [-0.05, 0) is 18.6 Å². The summed E-state index contributed by atoms with van der Waals surface area (Å²) in [4.78, 5) is 13.0. The molecule has 0 aliphatic heterocycles. The van der Waals surface area contributed by atoms with Gasteiger partial charge in [0.15, 0.2) is 0 Å². The highest BCUT2D eigenvalue weighted by Crippen LogP contribution is 2.25. The van der Waals surface area contributed by atoms with Crippen LogP contribution in [-0.2, 0) is 5.75 Å². The Morgan fingerprint density at radius 2 is 2.47 bits per heavy atom. The number of thioether (sulfide) groups is 1. The van der Waals surface area contributed by atoms with Gasteiger partial charge in [0.2, 0.25) is 0 Å². The Morgan fingerprint density at radius 3 is 3.07 bits per heavy atom. The molecule has 0 aromatic carbocycles. The van der Waals surface area contributed by atoms with Crippen LogP contribution in [0.25, 0.3) is 0 Å². The number of hydrazine groups is 1. The lowest BCUT2D eigenvalue weighted by Gasteiger charge is -1.97. The van der Waals surface area contributed by atoms with Crippen LogP contribution in [0.1, 0.15) is 20.1 Å². The maximum Gasteiger partial charge on any atom is 0.275 e. The third-order valence-corrected chi connectivity index (χ3v) is 3.95. The summed E-state index contributed by atoms with van der Waals surface area (Å²) in [6.07, 6.45) is 0. The number of thiophene rings is 1. The number of carbonyl (C=O) groups is 1. The molecule has 0 unspecified atom stereocenters. The molecule has 0 aliphatic carbocycles. The maximum atomic E-state index is 11.2. The fourth-order valence-electron chi connectivity index (χ4n) is 1.09. The molecule has 0 bridgehead atoms. The van der Waals surface area contributed by atoms with E-state index in [1.165, 1.54) is 11.3 Å². The lowest BCUT2D eigenvalue weighted by Crippen LogP contribution is -2.29. The number of aryl methyl sites for hydroxylation is 1. The van der Waals surface area contributed by atoms with Crippen LogP contribution in [0.3, 0.4) is 0 Å². The van der Waals surface area contributed by atoms with Gasteiger partial charge in [-0.1, -0.05) is 0 Å². The zero-order valence-corrected chi connectivity index (χ0v) is 10.1. The highest BCUT2D eigenvalue weighted by Gasteiger charge is 2.10. The monoisotopic (exact) mass is 246 g/mol. The van der Waals surface area contributed by atoms with E-state index in [0.29, 0.717) is 10.6 Å². The summed E-state index contributed by atoms with van der Waals surface area (Å²) in [5.74, 6) is 6.34. The van der Waals surface area contributed by atoms with Gasteiger partial charge in [-0.2, -0.15) is 11.8 Å². The first-order chi connectivity index (χ1) is 7.19. The van der Waals surface area contributed by atoms with Gasteiger partial charge < -0.3 is 5.11 Å². The summed E-state index contributed by atoms with van der Waals surface area (Å²) in [5, 5.41) is 8.65. The number of amides is 1. The van der Waals surface area contributed by atoms with E-state index in [1.807, 2.05) is 13.0 Å². The van der Waals surface area contributed by atoms with Crippen LogP contribution in [0.2, 0.25) is 0 Å². The molecule has 6 heteroatoms. The van der Waals surface area contributed by atoms with Crippen molar-refractivity contribution >= 4 is 29.0 Å². The Hall–Kier alpha value is -0.560. The van der Waals surface area contributed by atoms with Crippen LogP contribution >= 0.6 is 23.1 Å². The number of aliphatic hydroxyl groups is 1. The first-order valence-corrected chi connectivity index (χ1v) is 6.45. The molecule has 1 heterocycles. The van der Waals surface area contributed by atoms with Crippen molar-refractivity contribution in [1.29, 1.82) is 0 Å². The zero-order valence-electron chi connectivity index (χ0n) is 8.45. The minimum absolute atomic E-state index is 0.185. The Kier molecular flexibility index (Phi) is 5.10. The van der Waals surface area contributed by atoms with Crippen LogP contribution in [0.5, 0.6) is 0 Å². The highest BCUT2D eigenvalue weighted by molar-refractivity contribution is 7.98. The van der Waals surface area contributed by atoms with E-state index in [1.54, 1.807) is 11.8 Å². The smallest absolute Gasteiger partial charge is 0.275 e. The van der Waals surface area contributed by atoms with Crippen molar-refractivity contribution in [2.24, 2.45) is 5.84 Å². The number of carbonyl (C=O) groups excluding carboxylic acids is 1. The van der Waals surface area contributed by atoms with E-state index < -0.39 is 0 Å². The average molecular weight is 246 g/mol. The Bertz CT molecular complexity index is 339. The van der Waals surface area contributed by atoms with Gasteiger partial charge in [0, 0.05) is 16.4 Å². The standard InChI is InChI=1S/C9H14N2O2S2/c1-6-7(5-14-3-2-12)4-8(15-6)9(13)11-10/h4,12H,2-3,5,10H2,1H3,(H,11,13). The topological polar surface area (TPSA) is 75.4 Å². The van der Waals surface area contributed by atoms with Gasteiger partial charge in [0.1, 0.15) is 0 Å². The fraction of sp³-hybridized carbons (Fsp3) is 0.444. The van der Waals surface area contributed by atoms with Crippen LogP contribution in [0.15, 0.2) is 6.07 Å². The van der Waals surface area contributed by atoms with Gasteiger partial charge in [-0.25, -0.2) is 5.84 Å². The molecular weight excluding hydrogens is 232 g/mol. The second-order valence-electron chi connectivity index (χ2n) is 2.94. The van der Waals surface area contributed by atoms with E-state index in [-0.39, 0.29) is 12.5 Å². The van der Waals surface area contributed by atoms with Gasteiger partial charge in [0.25, 0.3) is 5.91 Å². The molecule has 0 radical (unpaired) electrons. The summed E-state index contributed by atoms with van der Waals surface area (Å²) < 4.78 is 0. The predicted molar refractivity (Wildman–Crippen MR) is 64.0 cm³/mol. The van der Waals surface area contributed by atoms with Crippen LogP contribution in [0.4, 0.5) is 0 Å². The van der Waals surface area contributed by atoms with Gasteiger partial charge in [-0.3, -0.25) is 10.2 Å². The van der Waals surface area contributed by atoms with Crippen molar-refractivity contribution in [3.63, 3.8) is 0 Å². The molecule has 0 aliphatic rings. The molecule has 0 fully saturated rings. The Morgan fingerprint density at radius 1 is 1.73 bits per heavy atom. The third kappa shape index (κ3) is 3.49. The molecule has 0 spiro atoms. The number of rotatable bonds is 5. The molecular formula is C9H14N2O2S2. The summed E-state index contributed by atoms with van der Waals surface area (Å²) in [5.41, 5.74) is 3.25. The van der Waals surface area contributed by atoms with Crippen LogP contribution < -0.4 is 11.3 Å². The van der Waals surface area contributed by atoms with Crippen LogP contribution in [0, 0.1) is 6.92 Å². The highest BCUT2D eigenvalue weighted by atomic mass is 32.2. The largest absolute Gasteiger partial charge is 0.396 e. The molecule has 0 saturated carbocycles. The second-order valence-corrected chi connectivity index (χ2v) is 5.30. The molecule has 0 atom stereocenters. The summed E-state index contributed by atoms with van der Waals surface area (Å²) in [6.45, 7) is 2.16. The molecule has 4 N–H and O–H groups in total. The van der Waals surface area contributed by atoms with Crippen molar-refractivity contribution in [3.05, 3.63) is 21.4 Å². The molecule has 15 heavy (non-hydrogen) atoms.